The van der Waals surface area contributed by atoms with E-state index >= 15 is 0 Å². The summed E-state index contributed by atoms with van der Waals surface area (Å²) in [7, 11) is 0. The molecule has 3 nitrogen and oxygen atoms in total. The van der Waals surface area contributed by atoms with Crippen LogP contribution in [-0.4, -0.2) is 11.1 Å². The highest BCUT2D eigenvalue weighted by Gasteiger charge is 2.20. The van der Waals surface area contributed by atoms with Gasteiger partial charge in [-0.05, 0) is 42.0 Å². The number of benzene rings is 1. The molecule has 0 saturated heterocycles. The van der Waals surface area contributed by atoms with Crippen molar-refractivity contribution in [1.29, 1.82) is 0 Å². The van der Waals surface area contributed by atoms with E-state index in [1.54, 1.807) is 0 Å². The molecule has 3 N–H and O–H groups in total. The summed E-state index contributed by atoms with van der Waals surface area (Å²) in [5.74, 6) is -0.986. The predicted molar refractivity (Wildman–Crippen MR) is 60.7 cm³/mol. The molecule has 0 heterocycles. The summed E-state index contributed by atoms with van der Waals surface area (Å²) in [6.45, 7) is 0. The van der Waals surface area contributed by atoms with E-state index in [1.165, 1.54) is 11.1 Å². The summed E-state index contributed by atoms with van der Waals surface area (Å²) < 4.78 is 0.990. The maximum atomic E-state index is 10.8. The van der Waals surface area contributed by atoms with E-state index in [2.05, 4.69) is 15.9 Å². The Morgan fingerprint density at radius 1 is 1.47 bits per heavy atom. The van der Waals surface area contributed by atoms with E-state index in [-0.39, 0.29) is 0 Å². The van der Waals surface area contributed by atoms with Gasteiger partial charge in [0.05, 0.1) is 0 Å². The Kier molecular flexibility index (Phi) is 2.80. The number of aryl methyl sites for hydroxylation is 1. The molecule has 0 amide bonds. The molecule has 0 aromatic heterocycles. The highest BCUT2D eigenvalue weighted by Crippen LogP contribution is 2.31. The molecule has 0 spiro atoms. The van der Waals surface area contributed by atoms with E-state index in [0.29, 0.717) is 5.56 Å². The number of carboxylic acid groups (broad SMARTS) is 1. The van der Waals surface area contributed by atoms with Gasteiger partial charge >= 0.3 is 5.97 Å². The SMILES string of the molecule is NC(C(=O)O)c1cc(Br)c2c(c1)CCC2. The Morgan fingerprint density at radius 2 is 2.20 bits per heavy atom. The molecule has 80 valence electrons. The second kappa shape index (κ2) is 3.94. The smallest absolute Gasteiger partial charge is 0.325 e. The van der Waals surface area contributed by atoms with Gasteiger partial charge in [0.25, 0.3) is 0 Å². The molecule has 1 unspecified atom stereocenters. The van der Waals surface area contributed by atoms with Crippen LogP contribution in [-0.2, 0) is 17.6 Å². The second-order valence-electron chi connectivity index (χ2n) is 3.81. The van der Waals surface area contributed by atoms with Gasteiger partial charge in [0.2, 0.25) is 0 Å². The Balaban J connectivity index is 2.43. The molecule has 4 heteroatoms. The van der Waals surface area contributed by atoms with Gasteiger partial charge in [-0.3, -0.25) is 4.79 Å². The van der Waals surface area contributed by atoms with E-state index in [1.807, 2.05) is 12.1 Å². The van der Waals surface area contributed by atoms with E-state index in [4.69, 9.17) is 10.8 Å². The monoisotopic (exact) mass is 269 g/mol. The van der Waals surface area contributed by atoms with Gasteiger partial charge in [-0.25, -0.2) is 0 Å². The first-order chi connectivity index (χ1) is 7.09. The molecule has 1 aromatic rings. The van der Waals surface area contributed by atoms with Crippen LogP contribution in [0.2, 0.25) is 0 Å². The van der Waals surface area contributed by atoms with E-state index < -0.39 is 12.0 Å². The lowest BCUT2D eigenvalue weighted by atomic mass is 10.0. The highest BCUT2D eigenvalue weighted by molar-refractivity contribution is 9.10. The third-order valence-corrected chi connectivity index (χ3v) is 3.52. The summed E-state index contributed by atoms with van der Waals surface area (Å²) in [6.07, 6.45) is 3.23. The van der Waals surface area contributed by atoms with Crippen molar-refractivity contribution in [2.45, 2.75) is 25.3 Å². The van der Waals surface area contributed by atoms with Crippen LogP contribution in [0.3, 0.4) is 0 Å². The van der Waals surface area contributed by atoms with Crippen molar-refractivity contribution >= 4 is 21.9 Å². The van der Waals surface area contributed by atoms with Crippen LogP contribution >= 0.6 is 15.9 Å². The summed E-state index contributed by atoms with van der Waals surface area (Å²) in [4.78, 5) is 10.8. The minimum atomic E-state index is -0.986. The minimum absolute atomic E-state index is 0.676. The number of aliphatic carboxylic acids is 1. The molecule has 0 saturated carbocycles. The zero-order valence-electron chi connectivity index (χ0n) is 8.16. The molecular weight excluding hydrogens is 258 g/mol. The minimum Gasteiger partial charge on any atom is -0.480 e. The molecule has 1 aliphatic carbocycles. The number of nitrogens with two attached hydrogens (primary N) is 1. The topological polar surface area (TPSA) is 63.3 Å². The lowest BCUT2D eigenvalue weighted by Crippen LogP contribution is -2.20. The fourth-order valence-corrected chi connectivity index (χ4v) is 2.71. The Hall–Kier alpha value is -0.870. The average Bonchev–Trinajstić information content (AvgIpc) is 2.64. The summed E-state index contributed by atoms with van der Waals surface area (Å²) >= 11 is 3.47. The summed E-state index contributed by atoms with van der Waals surface area (Å²) in [5, 5.41) is 8.83. The average molecular weight is 270 g/mol. The van der Waals surface area contributed by atoms with Crippen LogP contribution in [0.1, 0.15) is 29.2 Å². The number of hydrogen-bond donors (Lipinski definition) is 2. The highest BCUT2D eigenvalue weighted by atomic mass is 79.9. The number of carboxylic acids is 1. The molecule has 15 heavy (non-hydrogen) atoms. The van der Waals surface area contributed by atoms with E-state index in [9.17, 15) is 4.79 Å². The normalized spacial score (nSPS) is 16.1. The quantitative estimate of drug-likeness (QED) is 0.864. The Labute approximate surface area is 96.4 Å². The lowest BCUT2D eigenvalue weighted by Gasteiger charge is -2.10. The van der Waals surface area contributed by atoms with Crippen molar-refractivity contribution in [2.75, 3.05) is 0 Å². The molecular formula is C11H12BrNO2. The van der Waals surface area contributed by atoms with Crippen LogP contribution in [0.5, 0.6) is 0 Å². The molecule has 0 bridgehead atoms. The number of halogens is 1. The van der Waals surface area contributed by atoms with Crippen molar-refractivity contribution in [2.24, 2.45) is 5.73 Å². The third-order valence-electron chi connectivity index (χ3n) is 2.81. The predicted octanol–water partition coefficient (Wildman–Crippen LogP) is 2.02. The van der Waals surface area contributed by atoms with Gasteiger partial charge in [0.15, 0.2) is 0 Å². The zero-order chi connectivity index (χ0) is 11.0. The first-order valence-corrected chi connectivity index (χ1v) is 5.68. The third kappa shape index (κ3) is 1.92. The van der Waals surface area contributed by atoms with Crippen molar-refractivity contribution in [3.8, 4) is 0 Å². The lowest BCUT2D eigenvalue weighted by molar-refractivity contribution is -0.138. The summed E-state index contributed by atoms with van der Waals surface area (Å²) in [5.41, 5.74) is 8.79. The Bertz CT molecular complexity index is 417. The van der Waals surface area contributed by atoms with Gasteiger partial charge in [0.1, 0.15) is 6.04 Å². The standard InChI is InChI=1S/C11H12BrNO2/c12-9-5-7(10(13)11(14)15)4-6-2-1-3-8(6)9/h4-5,10H,1-3,13H2,(H,14,15). The van der Waals surface area contributed by atoms with Gasteiger partial charge < -0.3 is 10.8 Å². The first kappa shape index (κ1) is 10.6. The zero-order valence-corrected chi connectivity index (χ0v) is 9.75. The molecule has 1 atom stereocenters. The number of carbonyl (C=O) groups is 1. The van der Waals surface area contributed by atoms with Crippen LogP contribution in [0.15, 0.2) is 16.6 Å². The van der Waals surface area contributed by atoms with Crippen molar-refractivity contribution < 1.29 is 9.90 Å². The van der Waals surface area contributed by atoms with Crippen LogP contribution in [0.4, 0.5) is 0 Å². The Morgan fingerprint density at radius 3 is 2.87 bits per heavy atom. The van der Waals surface area contributed by atoms with Crippen molar-refractivity contribution in [3.05, 3.63) is 33.3 Å². The molecule has 0 fully saturated rings. The van der Waals surface area contributed by atoms with Crippen LogP contribution < -0.4 is 5.73 Å². The number of hydrogen-bond acceptors (Lipinski definition) is 2. The van der Waals surface area contributed by atoms with E-state index in [0.717, 1.165) is 23.7 Å². The van der Waals surface area contributed by atoms with Crippen molar-refractivity contribution in [3.63, 3.8) is 0 Å². The van der Waals surface area contributed by atoms with Gasteiger partial charge in [0, 0.05) is 4.47 Å². The molecule has 1 aliphatic rings. The van der Waals surface area contributed by atoms with Gasteiger partial charge in [-0.2, -0.15) is 0 Å². The van der Waals surface area contributed by atoms with Crippen LogP contribution in [0, 0.1) is 0 Å². The molecule has 1 aromatic carbocycles. The fraction of sp³-hybridized carbons (Fsp3) is 0.364. The fourth-order valence-electron chi connectivity index (χ4n) is 2.00. The molecule has 0 radical (unpaired) electrons. The molecule has 2 rings (SSSR count). The maximum Gasteiger partial charge on any atom is 0.325 e. The molecule has 0 aliphatic heterocycles. The van der Waals surface area contributed by atoms with Crippen molar-refractivity contribution in [1.82, 2.24) is 0 Å². The maximum absolute atomic E-state index is 10.8. The first-order valence-electron chi connectivity index (χ1n) is 4.89. The largest absolute Gasteiger partial charge is 0.480 e. The second-order valence-corrected chi connectivity index (χ2v) is 4.66. The van der Waals surface area contributed by atoms with Gasteiger partial charge in [-0.15, -0.1) is 0 Å². The number of fused-ring (bicyclic) bond motifs is 1. The summed E-state index contributed by atoms with van der Waals surface area (Å²) in [6, 6.07) is 2.82. The van der Waals surface area contributed by atoms with Gasteiger partial charge in [-0.1, -0.05) is 22.0 Å². The van der Waals surface area contributed by atoms with Crippen LogP contribution in [0.25, 0.3) is 0 Å². The number of rotatable bonds is 2.